The van der Waals surface area contributed by atoms with Gasteiger partial charge in [0.2, 0.25) is 0 Å². The van der Waals surface area contributed by atoms with Gasteiger partial charge in [0.1, 0.15) is 11.9 Å². The minimum Gasteiger partial charge on any atom is -0.480 e. The normalized spacial score (nSPS) is 11.5. The summed E-state index contributed by atoms with van der Waals surface area (Å²) in [6, 6.07) is 0.466. The van der Waals surface area contributed by atoms with E-state index in [1.54, 1.807) is 0 Å². The monoisotopic (exact) mass is 271 g/mol. The average molecular weight is 271 g/mol. The van der Waals surface area contributed by atoms with E-state index in [2.05, 4.69) is 10.6 Å². The fourth-order valence-corrected chi connectivity index (χ4v) is 1.18. The fourth-order valence-electron chi connectivity index (χ4n) is 1.18. The molecule has 102 valence electrons. The van der Waals surface area contributed by atoms with Crippen LogP contribution in [0.2, 0.25) is 0 Å². The Morgan fingerprint density at radius 3 is 2.58 bits per heavy atom. The number of hydrogen-bond donors (Lipinski definition) is 3. The lowest BCUT2D eigenvalue weighted by Gasteiger charge is -2.10. The Balaban J connectivity index is 2.79. The third kappa shape index (κ3) is 4.22. The van der Waals surface area contributed by atoms with Crippen LogP contribution in [0.15, 0.2) is 18.2 Å². The summed E-state index contributed by atoms with van der Waals surface area (Å²) in [4.78, 5) is 31.5. The number of nitro groups is 1. The number of non-ortho nitro benzene ring substituents is 1. The van der Waals surface area contributed by atoms with Crippen LogP contribution in [-0.2, 0) is 4.79 Å². The average Bonchev–Trinajstić information content (AvgIpc) is 2.27. The number of urea groups is 1. The molecule has 0 aliphatic carbocycles. The van der Waals surface area contributed by atoms with Gasteiger partial charge in [0.15, 0.2) is 0 Å². The zero-order valence-electron chi connectivity index (χ0n) is 9.71. The lowest BCUT2D eigenvalue weighted by molar-refractivity contribution is -0.385. The van der Waals surface area contributed by atoms with Gasteiger partial charge in [-0.15, -0.1) is 0 Å². The second-order valence-corrected chi connectivity index (χ2v) is 3.61. The number of nitro benzene ring substituents is 1. The molecular formula is C10H10FN3O5. The van der Waals surface area contributed by atoms with Gasteiger partial charge >= 0.3 is 12.0 Å². The van der Waals surface area contributed by atoms with E-state index in [1.807, 2.05) is 0 Å². The number of anilines is 1. The predicted octanol–water partition coefficient (Wildman–Crippen LogP) is 1.33. The minimum atomic E-state index is -1.25. The zero-order chi connectivity index (χ0) is 14.6. The molecule has 19 heavy (non-hydrogen) atoms. The van der Waals surface area contributed by atoms with Crippen LogP contribution in [0.25, 0.3) is 0 Å². The van der Waals surface area contributed by atoms with Crippen molar-refractivity contribution in [3.05, 3.63) is 34.1 Å². The highest BCUT2D eigenvalue weighted by Gasteiger charge is 2.15. The van der Waals surface area contributed by atoms with E-state index in [0.29, 0.717) is 6.07 Å². The minimum absolute atomic E-state index is 0.151. The third-order valence-electron chi connectivity index (χ3n) is 2.07. The molecule has 0 saturated carbocycles. The summed E-state index contributed by atoms with van der Waals surface area (Å²) in [5.41, 5.74) is -0.677. The van der Waals surface area contributed by atoms with Crippen molar-refractivity contribution in [2.24, 2.45) is 0 Å². The summed E-state index contributed by atoms with van der Waals surface area (Å²) in [5, 5.41) is 23.2. The molecule has 0 aliphatic rings. The number of halogens is 1. The van der Waals surface area contributed by atoms with Crippen LogP contribution >= 0.6 is 0 Å². The molecule has 0 bridgehead atoms. The van der Waals surface area contributed by atoms with Crippen molar-refractivity contribution >= 4 is 23.4 Å². The van der Waals surface area contributed by atoms with E-state index in [1.165, 1.54) is 6.92 Å². The number of nitrogens with zero attached hydrogens (tertiary/aromatic N) is 1. The number of aliphatic carboxylic acids is 1. The highest BCUT2D eigenvalue weighted by Crippen LogP contribution is 2.19. The third-order valence-corrected chi connectivity index (χ3v) is 2.07. The van der Waals surface area contributed by atoms with Crippen molar-refractivity contribution in [2.45, 2.75) is 13.0 Å². The van der Waals surface area contributed by atoms with E-state index in [0.717, 1.165) is 12.1 Å². The molecule has 8 nitrogen and oxygen atoms in total. The van der Waals surface area contributed by atoms with Gasteiger partial charge in [-0.3, -0.25) is 14.9 Å². The number of rotatable bonds is 4. The van der Waals surface area contributed by atoms with E-state index in [4.69, 9.17) is 5.11 Å². The quantitative estimate of drug-likeness (QED) is 0.563. The largest absolute Gasteiger partial charge is 0.480 e. The molecule has 0 aliphatic heterocycles. The van der Waals surface area contributed by atoms with Gasteiger partial charge in [-0.2, -0.15) is 0 Å². The van der Waals surface area contributed by atoms with E-state index in [9.17, 15) is 24.1 Å². The molecule has 1 rings (SSSR count). The Hall–Kier alpha value is -2.71. The smallest absolute Gasteiger partial charge is 0.325 e. The Kier molecular flexibility index (Phi) is 4.35. The number of amides is 2. The highest BCUT2D eigenvalue weighted by molar-refractivity contribution is 5.92. The maximum Gasteiger partial charge on any atom is 0.325 e. The lowest BCUT2D eigenvalue weighted by atomic mass is 10.2. The first-order chi connectivity index (χ1) is 8.79. The first-order valence-corrected chi connectivity index (χ1v) is 5.05. The summed E-state index contributed by atoms with van der Waals surface area (Å²) in [6.07, 6.45) is 0. The van der Waals surface area contributed by atoms with E-state index in [-0.39, 0.29) is 5.69 Å². The second-order valence-electron chi connectivity index (χ2n) is 3.61. The van der Waals surface area contributed by atoms with E-state index >= 15 is 0 Å². The SMILES string of the molecule is CC(NC(=O)Nc1cc(F)cc([N+](=O)[O-])c1)C(=O)O. The molecule has 0 fully saturated rings. The second kappa shape index (κ2) is 5.76. The number of carbonyl (C=O) groups excluding carboxylic acids is 1. The van der Waals surface area contributed by atoms with Crippen molar-refractivity contribution in [2.75, 3.05) is 5.32 Å². The summed E-state index contributed by atoms with van der Waals surface area (Å²) in [5.74, 6) is -2.14. The molecule has 1 aromatic rings. The van der Waals surface area contributed by atoms with Crippen LogP contribution < -0.4 is 10.6 Å². The number of carboxylic acid groups (broad SMARTS) is 1. The van der Waals surface area contributed by atoms with Crippen molar-refractivity contribution in [3.63, 3.8) is 0 Å². The topological polar surface area (TPSA) is 122 Å². The van der Waals surface area contributed by atoms with Crippen molar-refractivity contribution < 1.29 is 24.0 Å². The van der Waals surface area contributed by atoms with Crippen molar-refractivity contribution in [1.29, 1.82) is 0 Å². The van der Waals surface area contributed by atoms with E-state index < -0.39 is 34.5 Å². The Morgan fingerprint density at radius 2 is 2.05 bits per heavy atom. The molecule has 9 heteroatoms. The molecule has 1 atom stereocenters. The van der Waals surface area contributed by atoms with Gasteiger partial charge in [0, 0.05) is 6.07 Å². The molecular weight excluding hydrogens is 261 g/mol. The number of nitrogens with one attached hydrogen (secondary N) is 2. The number of carboxylic acids is 1. The van der Waals surface area contributed by atoms with Crippen LogP contribution in [0.1, 0.15) is 6.92 Å². The molecule has 1 unspecified atom stereocenters. The summed E-state index contributed by atoms with van der Waals surface area (Å²) < 4.78 is 13.1. The van der Waals surface area contributed by atoms with Crippen LogP contribution in [-0.4, -0.2) is 28.1 Å². The van der Waals surface area contributed by atoms with Crippen molar-refractivity contribution in [3.8, 4) is 0 Å². The summed E-state index contributed by atoms with van der Waals surface area (Å²) in [6.45, 7) is 1.23. The Morgan fingerprint density at radius 1 is 1.42 bits per heavy atom. The number of carbonyl (C=O) groups is 2. The van der Waals surface area contributed by atoms with Crippen LogP contribution in [0.3, 0.4) is 0 Å². The molecule has 0 spiro atoms. The molecule has 0 heterocycles. The fraction of sp³-hybridized carbons (Fsp3) is 0.200. The predicted molar refractivity (Wildman–Crippen MR) is 62.3 cm³/mol. The van der Waals surface area contributed by atoms with Crippen LogP contribution in [0, 0.1) is 15.9 Å². The van der Waals surface area contributed by atoms with Crippen LogP contribution in [0.4, 0.5) is 20.6 Å². The molecule has 1 aromatic carbocycles. The first kappa shape index (κ1) is 14.4. The Bertz CT molecular complexity index is 534. The summed E-state index contributed by atoms with van der Waals surface area (Å²) in [7, 11) is 0. The van der Waals surface area contributed by atoms with Gasteiger partial charge in [0.05, 0.1) is 16.7 Å². The van der Waals surface area contributed by atoms with Gasteiger partial charge in [-0.05, 0) is 13.0 Å². The Labute approximate surface area is 106 Å². The maximum atomic E-state index is 13.1. The lowest BCUT2D eigenvalue weighted by Crippen LogP contribution is -2.40. The standard InChI is InChI=1S/C10H10FN3O5/c1-5(9(15)16)12-10(17)13-7-2-6(11)3-8(4-7)14(18)19/h2-5H,1H3,(H,15,16)(H2,12,13,17). The maximum absolute atomic E-state index is 13.1. The summed E-state index contributed by atoms with van der Waals surface area (Å²) >= 11 is 0. The van der Waals surface area contributed by atoms with Gasteiger partial charge in [-0.1, -0.05) is 0 Å². The van der Waals surface area contributed by atoms with Gasteiger partial charge in [0.25, 0.3) is 5.69 Å². The molecule has 0 aromatic heterocycles. The number of benzene rings is 1. The zero-order valence-corrected chi connectivity index (χ0v) is 9.71. The first-order valence-electron chi connectivity index (χ1n) is 5.05. The number of hydrogen-bond acceptors (Lipinski definition) is 4. The molecule has 2 amide bonds. The highest BCUT2D eigenvalue weighted by atomic mass is 19.1. The molecule has 0 saturated heterocycles. The van der Waals surface area contributed by atoms with Crippen molar-refractivity contribution in [1.82, 2.24) is 5.32 Å². The molecule has 0 radical (unpaired) electrons. The van der Waals surface area contributed by atoms with Crippen LogP contribution in [0.5, 0.6) is 0 Å². The van der Waals surface area contributed by atoms with Gasteiger partial charge < -0.3 is 15.7 Å². The molecule has 3 N–H and O–H groups in total. The van der Waals surface area contributed by atoms with Gasteiger partial charge in [-0.25, -0.2) is 9.18 Å².